The molecule has 3 aromatic rings. The number of aromatic amines is 1. The smallest absolute Gasteiger partial charge is 0.356 e. The normalized spacial score (nSPS) is 17.0. The van der Waals surface area contributed by atoms with Gasteiger partial charge in [0, 0.05) is 30.8 Å². The summed E-state index contributed by atoms with van der Waals surface area (Å²) in [6.07, 6.45) is 5.04. The predicted octanol–water partition coefficient (Wildman–Crippen LogP) is 5.39. The van der Waals surface area contributed by atoms with Crippen LogP contribution in [0.3, 0.4) is 0 Å². The Hall–Kier alpha value is -2.87. The molecular weight excluding hydrogens is 489 g/mol. The molecule has 0 radical (unpaired) electrons. The number of allylic oxidation sites excluding steroid dienone is 5. The number of imidazole rings is 1. The van der Waals surface area contributed by atoms with E-state index in [0.717, 1.165) is 48.6 Å². The second-order valence-corrected chi connectivity index (χ2v) is 10.4. The minimum Gasteiger partial charge on any atom is -0.430 e. The van der Waals surface area contributed by atoms with E-state index in [9.17, 15) is 14.4 Å². The van der Waals surface area contributed by atoms with Crippen LogP contribution in [0.25, 0.3) is 22.2 Å². The van der Waals surface area contributed by atoms with Crippen LogP contribution in [-0.2, 0) is 9.30 Å². The first-order chi connectivity index (χ1) is 16.8. The molecule has 0 unspecified atom stereocenters. The first kappa shape index (κ1) is 23.9. The van der Waals surface area contributed by atoms with Crippen LogP contribution in [0.4, 0.5) is 5.69 Å². The minimum absolute atomic E-state index is 0.00742. The Morgan fingerprint density at radius 2 is 1.89 bits per heavy atom. The molecule has 35 heavy (non-hydrogen) atoms. The second-order valence-electron chi connectivity index (χ2n) is 8.46. The van der Waals surface area contributed by atoms with Gasteiger partial charge in [0.25, 0.3) is 6.01 Å². The number of H-pyrrole nitrogens is 1. The van der Waals surface area contributed by atoms with Crippen molar-refractivity contribution in [2.24, 2.45) is 0 Å². The Labute approximate surface area is 207 Å². The van der Waals surface area contributed by atoms with E-state index in [0.29, 0.717) is 21.9 Å². The first-order valence-electron chi connectivity index (χ1n) is 11.2. The summed E-state index contributed by atoms with van der Waals surface area (Å²) in [4.78, 5) is 29.0. The number of ether oxygens (including phenoxy) is 2. The summed E-state index contributed by atoms with van der Waals surface area (Å²) in [5.41, 5.74) is 4.93. The number of hydrogen-bond acceptors (Lipinski definition) is 5. The number of benzene rings is 2. The standard InChI is InChI=1S/C25H25ClN3O5P/c1-16-2-7-19(8-9-24(16)35(30,31)32)34-25-27-22-14-20(21(26)15-23(22)28-25)17-3-5-18(6-4-17)29-10-12-33-13-11-29/h2-7,9,14-15H,8,10-13H2,1H3,(H,27,28)(H2,30,31,32). The number of halogens is 1. The van der Waals surface area contributed by atoms with Crippen LogP contribution in [0, 0.1) is 0 Å². The van der Waals surface area contributed by atoms with Crippen LogP contribution in [0.15, 0.2) is 71.3 Å². The lowest BCUT2D eigenvalue weighted by Crippen LogP contribution is -2.36. The lowest BCUT2D eigenvalue weighted by molar-refractivity contribution is 0.122. The van der Waals surface area contributed by atoms with Crippen LogP contribution < -0.4 is 9.64 Å². The molecule has 1 saturated heterocycles. The molecule has 2 heterocycles. The number of hydrogen-bond donors (Lipinski definition) is 3. The van der Waals surface area contributed by atoms with Crippen LogP contribution in [0.5, 0.6) is 6.01 Å². The number of nitrogens with zero attached hydrogens (tertiary/aromatic N) is 2. The van der Waals surface area contributed by atoms with E-state index in [1.165, 1.54) is 6.08 Å². The largest absolute Gasteiger partial charge is 0.430 e. The van der Waals surface area contributed by atoms with Crippen molar-refractivity contribution in [3.8, 4) is 17.1 Å². The number of anilines is 1. The highest BCUT2D eigenvalue weighted by Crippen LogP contribution is 2.49. The van der Waals surface area contributed by atoms with Gasteiger partial charge in [0.05, 0.1) is 34.6 Å². The summed E-state index contributed by atoms with van der Waals surface area (Å²) in [5.74, 6) is 0.511. The quantitative estimate of drug-likeness (QED) is 0.392. The molecule has 2 aliphatic rings. The summed E-state index contributed by atoms with van der Waals surface area (Å²) in [7, 11) is -4.35. The van der Waals surface area contributed by atoms with Gasteiger partial charge in [0.15, 0.2) is 0 Å². The maximum Gasteiger partial charge on any atom is 0.356 e. The molecule has 1 aliphatic carbocycles. The molecule has 2 aromatic carbocycles. The highest BCUT2D eigenvalue weighted by Gasteiger charge is 2.23. The van der Waals surface area contributed by atoms with Gasteiger partial charge in [-0.1, -0.05) is 35.9 Å². The summed E-state index contributed by atoms with van der Waals surface area (Å²) in [6, 6.07) is 12.3. The van der Waals surface area contributed by atoms with E-state index >= 15 is 0 Å². The molecule has 1 fully saturated rings. The van der Waals surface area contributed by atoms with E-state index < -0.39 is 7.60 Å². The number of rotatable bonds is 5. The minimum atomic E-state index is -4.35. The molecule has 0 bridgehead atoms. The zero-order chi connectivity index (χ0) is 24.6. The molecule has 182 valence electrons. The topological polar surface area (TPSA) is 108 Å². The number of morpholine rings is 1. The van der Waals surface area contributed by atoms with Gasteiger partial charge in [-0.3, -0.25) is 4.57 Å². The van der Waals surface area contributed by atoms with E-state index in [1.807, 2.05) is 12.1 Å². The highest BCUT2D eigenvalue weighted by atomic mass is 35.5. The van der Waals surface area contributed by atoms with Crippen molar-refractivity contribution in [2.75, 3.05) is 31.2 Å². The van der Waals surface area contributed by atoms with Crippen molar-refractivity contribution >= 4 is 35.9 Å². The molecule has 0 spiro atoms. The fourth-order valence-electron chi connectivity index (χ4n) is 4.23. The van der Waals surface area contributed by atoms with Crippen molar-refractivity contribution < 1.29 is 23.8 Å². The Morgan fingerprint density at radius 3 is 2.60 bits per heavy atom. The average molecular weight is 514 g/mol. The summed E-state index contributed by atoms with van der Waals surface area (Å²) in [5, 5.41) is 0.598. The van der Waals surface area contributed by atoms with Crippen LogP contribution in [0.1, 0.15) is 13.3 Å². The molecule has 1 aliphatic heterocycles. The molecule has 3 N–H and O–H groups in total. The Balaban J connectivity index is 1.37. The fraction of sp³-hybridized carbons (Fsp3) is 0.240. The molecular formula is C25H25ClN3O5P. The highest BCUT2D eigenvalue weighted by molar-refractivity contribution is 7.56. The van der Waals surface area contributed by atoms with Crippen molar-refractivity contribution in [2.45, 2.75) is 13.3 Å². The molecule has 5 rings (SSSR count). The van der Waals surface area contributed by atoms with Gasteiger partial charge >= 0.3 is 7.60 Å². The number of fused-ring (bicyclic) bond motifs is 1. The lowest BCUT2D eigenvalue weighted by Gasteiger charge is -2.29. The fourth-order valence-corrected chi connectivity index (χ4v) is 5.36. The predicted molar refractivity (Wildman–Crippen MR) is 137 cm³/mol. The zero-order valence-electron chi connectivity index (χ0n) is 19.1. The molecule has 8 nitrogen and oxygen atoms in total. The number of aromatic nitrogens is 2. The third-order valence-corrected chi connectivity index (χ3v) is 7.54. The van der Waals surface area contributed by atoms with Gasteiger partial charge in [-0.2, -0.15) is 4.98 Å². The average Bonchev–Trinajstić information content (AvgIpc) is 3.12. The van der Waals surface area contributed by atoms with Gasteiger partial charge in [-0.05, 0) is 48.4 Å². The zero-order valence-corrected chi connectivity index (χ0v) is 20.7. The second kappa shape index (κ2) is 9.64. The van der Waals surface area contributed by atoms with E-state index in [1.54, 1.807) is 19.1 Å². The van der Waals surface area contributed by atoms with E-state index in [4.69, 9.17) is 21.1 Å². The summed E-state index contributed by atoms with van der Waals surface area (Å²) < 4.78 is 23.0. The first-order valence-corrected chi connectivity index (χ1v) is 13.2. The third kappa shape index (κ3) is 5.22. The molecule has 0 atom stereocenters. The maximum absolute atomic E-state index is 11.7. The molecule has 1 aromatic heterocycles. The van der Waals surface area contributed by atoms with Crippen molar-refractivity contribution in [3.05, 3.63) is 76.3 Å². The molecule has 0 amide bonds. The Morgan fingerprint density at radius 1 is 1.14 bits per heavy atom. The van der Waals surface area contributed by atoms with Crippen LogP contribution >= 0.6 is 19.2 Å². The van der Waals surface area contributed by atoms with Crippen LogP contribution in [-0.4, -0.2) is 46.1 Å². The van der Waals surface area contributed by atoms with Gasteiger partial charge in [0.1, 0.15) is 5.76 Å². The van der Waals surface area contributed by atoms with E-state index in [2.05, 4.69) is 39.1 Å². The molecule has 0 saturated carbocycles. The maximum atomic E-state index is 11.7. The summed E-state index contributed by atoms with van der Waals surface area (Å²) >= 11 is 6.61. The van der Waals surface area contributed by atoms with Crippen LogP contribution in [0.2, 0.25) is 5.02 Å². The monoisotopic (exact) mass is 513 g/mol. The Kier molecular flexibility index (Phi) is 6.57. The number of nitrogens with one attached hydrogen (secondary N) is 1. The van der Waals surface area contributed by atoms with Gasteiger partial charge < -0.3 is 29.1 Å². The van der Waals surface area contributed by atoms with Gasteiger partial charge in [0.2, 0.25) is 0 Å². The third-order valence-electron chi connectivity index (χ3n) is 6.06. The van der Waals surface area contributed by atoms with Crippen molar-refractivity contribution in [1.29, 1.82) is 0 Å². The molecule has 10 heteroatoms. The van der Waals surface area contributed by atoms with E-state index in [-0.39, 0.29) is 17.7 Å². The van der Waals surface area contributed by atoms with Crippen molar-refractivity contribution in [3.63, 3.8) is 0 Å². The van der Waals surface area contributed by atoms with Gasteiger partial charge in [-0.25, -0.2) is 0 Å². The lowest BCUT2D eigenvalue weighted by atomic mass is 10.0. The van der Waals surface area contributed by atoms with Crippen molar-refractivity contribution in [1.82, 2.24) is 9.97 Å². The summed E-state index contributed by atoms with van der Waals surface area (Å²) in [6.45, 7) is 4.89. The SMILES string of the molecule is CC1=CC=C(Oc2nc3cc(-c4ccc(N5CCOCC5)cc4)c(Cl)cc3[nH]2)CC=C1P(=O)(O)O. The van der Waals surface area contributed by atoms with Gasteiger partial charge in [-0.15, -0.1) is 0 Å². The Bertz CT molecular complexity index is 1400.